The number of carbonyl (C=O) groups is 1. The number of thioether (sulfide) groups is 1. The normalized spacial score (nSPS) is 17.3. The number of methoxy groups -OCH3 is 1. The molecule has 0 bridgehead atoms. The molecule has 0 unspecified atom stereocenters. The van der Waals surface area contributed by atoms with Crippen LogP contribution in [0, 0.1) is 0 Å². The Morgan fingerprint density at radius 1 is 1.23 bits per heavy atom. The number of benzene rings is 2. The third-order valence-corrected chi connectivity index (χ3v) is 5.86. The van der Waals surface area contributed by atoms with Crippen molar-refractivity contribution >= 4 is 46.2 Å². The number of aliphatic imine (C=N–C) groups is 1. The summed E-state index contributed by atoms with van der Waals surface area (Å²) in [5.74, 6) is 0.846. The van der Waals surface area contributed by atoms with Crippen LogP contribution >= 0.6 is 23.4 Å². The first-order chi connectivity index (χ1) is 14.4. The van der Waals surface area contributed by atoms with Crippen LogP contribution in [0.5, 0.6) is 11.5 Å². The van der Waals surface area contributed by atoms with Gasteiger partial charge in [0.15, 0.2) is 16.7 Å². The van der Waals surface area contributed by atoms with Crippen LogP contribution in [-0.2, 0) is 11.2 Å². The molecule has 1 fully saturated rings. The number of hydrogen-bond acceptors (Lipinski definition) is 5. The first-order valence-electron chi connectivity index (χ1n) is 9.86. The number of aryl methyl sites for hydroxylation is 1. The number of halogens is 1. The molecule has 7 heteroatoms. The minimum absolute atomic E-state index is 0.0157. The Morgan fingerprint density at radius 2 is 1.97 bits per heavy atom. The van der Waals surface area contributed by atoms with Crippen molar-refractivity contribution in [1.82, 2.24) is 5.32 Å². The van der Waals surface area contributed by atoms with E-state index in [4.69, 9.17) is 21.1 Å². The van der Waals surface area contributed by atoms with E-state index < -0.39 is 0 Å². The molecular formula is C23H25ClN2O3S. The molecule has 1 heterocycles. The lowest BCUT2D eigenvalue weighted by atomic mass is 10.1. The van der Waals surface area contributed by atoms with Crippen LogP contribution in [0.4, 0.5) is 5.69 Å². The minimum Gasteiger partial charge on any atom is -0.493 e. The second-order valence-electron chi connectivity index (χ2n) is 6.87. The van der Waals surface area contributed by atoms with Gasteiger partial charge in [-0.25, -0.2) is 4.99 Å². The first-order valence-corrected chi connectivity index (χ1v) is 11.1. The zero-order valence-corrected chi connectivity index (χ0v) is 19.1. The van der Waals surface area contributed by atoms with Crippen molar-refractivity contribution in [3.05, 3.63) is 57.5 Å². The lowest BCUT2D eigenvalue weighted by molar-refractivity contribution is -0.115. The second-order valence-corrected chi connectivity index (χ2v) is 8.31. The van der Waals surface area contributed by atoms with E-state index in [-0.39, 0.29) is 12.0 Å². The van der Waals surface area contributed by atoms with Gasteiger partial charge in [0.25, 0.3) is 5.91 Å². The number of amides is 1. The summed E-state index contributed by atoms with van der Waals surface area (Å²) >= 11 is 7.72. The number of rotatable bonds is 7. The summed E-state index contributed by atoms with van der Waals surface area (Å²) in [5, 5.41) is 3.79. The maximum atomic E-state index is 12.4. The fourth-order valence-electron chi connectivity index (χ4n) is 2.78. The van der Waals surface area contributed by atoms with Crippen molar-refractivity contribution in [3.8, 4) is 11.5 Å². The van der Waals surface area contributed by atoms with Gasteiger partial charge in [-0.2, -0.15) is 0 Å². The molecule has 5 nitrogen and oxygen atoms in total. The molecule has 1 aliphatic heterocycles. The number of carbonyl (C=O) groups excluding carboxylic acids is 1. The van der Waals surface area contributed by atoms with E-state index in [2.05, 4.69) is 17.2 Å². The van der Waals surface area contributed by atoms with Crippen LogP contribution in [0.15, 0.2) is 46.3 Å². The zero-order chi connectivity index (χ0) is 21.7. The van der Waals surface area contributed by atoms with E-state index in [0.29, 0.717) is 26.6 Å². The monoisotopic (exact) mass is 444 g/mol. The summed E-state index contributed by atoms with van der Waals surface area (Å²) in [5.41, 5.74) is 2.79. The van der Waals surface area contributed by atoms with Crippen LogP contribution in [0.1, 0.15) is 38.3 Å². The van der Waals surface area contributed by atoms with E-state index in [1.165, 1.54) is 17.3 Å². The molecule has 1 aliphatic rings. The quantitative estimate of drug-likeness (QED) is 0.533. The number of ether oxygens (including phenoxy) is 2. The third-order valence-electron chi connectivity index (χ3n) is 4.67. The van der Waals surface area contributed by atoms with Gasteiger partial charge in [-0.3, -0.25) is 4.79 Å². The predicted octanol–water partition coefficient (Wildman–Crippen LogP) is 5.98. The SMILES string of the molecule is CCc1ccc(N=C2NC(=O)/C(=C/c3cc(Cl)c(O[C@@H](C)CC)c(OC)c3)S2)cc1. The van der Waals surface area contributed by atoms with Crippen molar-refractivity contribution in [1.29, 1.82) is 0 Å². The molecule has 1 atom stereocenters. The molecule has 0 spiro atoms. The van der Waals surface area contributed by atoms with E-state index in [1.54, 1.807) is 19.3 Å². The van der Waals surface area contributed by atoms with Gasteiger partial charge in [-0.1, -0.05) is 37.6 Å². The highest BCUT2D eigenvalue weighted by Gasteiger charge is 2.24. The maximum Gasteiger partial charge on any atom is 0.264 e. The van der Waals surface area contributed by atoms with Gasteiger partial charge < -0.3 is 14.8 Å². The standard InChI is InChI=1S/C23H25ClN2O3S/c1-5-14(3)29-21-18(24)11-16(12-19(21)28-4)13-20-22(27)26-23(30-20)25-17-9-7-15(6-2)8-10-17/h7-14H,5-6H2,1-4H3,(H,25,26,27)/b20-13-/t14-/m0/s1. The largest absolute Gasteiger partial charge is 0.493 e. The van der Waals surface area contributed by atoms with Gasteiger partial charge >= 0.3 is 0 Å². The summed E-state index contributed by atoms with van der Waals surface area (Å²) in [6.45, 7) is 6.12. The summed E-state index contributed by atoms with van der Waals surface area (Å²) in [7, 11) is 1.57. The Morgan fingerprint density at radius 3 is 2.60 bits per heavy atom. The Kier molecular flexibility index (Phi) is 7.45. The fraction of sp³-hybridized carbons (Fsp3) is 0.304. The van der Waals surface area contributed by atoms with Gasteiger partial charge in [0, 0.05) is 0 Å². The first kappa shape index (κ1) is 22.2. The smallest absolute Gasteiger partial charge is 0.264 e. The second kappa shape index (κ2) is 10.0. The van der Waals surface area contributed by atoms with Crippen molar-refractivity contribution in [2.75, 3.05) is 7.11 Å². The summed E-state index contributed by atoms with van der Waals surface area (Å²) in [4.78, 5) is 17.5. The third kappa shape index (κ3) is 5.37. The molecule has 0 radical (unpaired) electrons. The van der Waals surface area contributed by atoms with E-state index in [9.17, 15) is 4.79 Å². The molecule has 0 aliphatic carbocycles. The van der Waals surface area contributed by atoms with Crippen molar-refractivity contribution in [3.63, 3.8) is 0 Å². The Labute approximate surface area is 186 Å². The molecule has 2 aromatic carbocycles. The van der Waals surface area contributed by atoms with E-state index in [1.807, 2.05) is 44.2 Å². The number of amidine groups is 1. The molecule has 1 saturated heterocycles. The summed E-state index contributed by atoms with van der Waals surface area (Å²) < 4.78 is 11.3. The predicted molar refractivity (Wildman–Crippen MR) is 125 cm³/mol. The van der Waals surface area contributed by atoms with Gasteiger partial charge in [0.05, 0.1) is 28.8 Å². The molecule has 30 heavy (non-hydrogen) atoms. The highest BCUT2D eigenvalue weighted by Crippen LogP contribution is 2.39. The van der Waals surface area contributed by atoms with Gasteiger partial charge in [-0.15, -0.1) is 0 Å². The van der Waals surface area contributed by atoms with Crippen LogP contribution in [0.2, 0.25) is 5.02 Å². The molecule has 1 amide bonds. The van der Waals surface area contributed by atoms with Crippen molar-refractivity contribution in [2.24, 2.45) is 4.99 Å². The summed E-state index contributed by atoms with van der Waals surface area (Å²) in [6.07, 6.45) is 3.61. The topological polar surface area (TPSA) is 59.9 Å². The Bertz CT molecular complexity index is 987. The van der Waals surface area contributed by atoms with Crippen LogP contribution < -0.4 is 14.8 Å². The molecule has 1 N–H and O–H groups in total. The average molecular weight is 445 g/mol. The van der Waals surface area contributed by atoms with Crippen LogP contribution in [-0.4, -0.2) is 24.3 Å². The molecular weight excluding hydrogens is 420 g/mol. The number of nitrogens with zero attached hydrogens (tertiary/aromatic N) is 1. The van der Waals surface area contributed by atoms with Crippen LogP contribution in [0.3, 0.4) is 0 Å². The highest BCUT2D eigenvalue weighted by atomic mass is 35.5. The van der Waals surface area contributed by atoms with Crippen molar-refractivity contribution < 1.29 is 14.3 Å². The zero-order valence-electron chi connectivity index (χ0n) is 17.5. The number of nitrogens with one attached hydrogen (secondary N) is 1. The van der Waals surface area contributed by atoms with E-state index in [0.717, 1.165) is 24.1 Å². The molecule has 3 rings (SSSR count). The molecule has 2 aromatic rings. The van der Waals surface area contributed by atoms with Gasteiger partial charge in [0.2, 0.25) is 0 Å². The highest BCUT2D eigenvalue weighted by molar-refractivity contribution is 8.18. The Balaban J connectivity index is 1.83. The minimum atomic E-state index is -0.195. The summed E-state index contributed by atoms with van der Waals surface area (Å²) in [6, 6.07) is 11.5. The fourth-order valence-corrected chi connectivity index (χ4v) is 3.88. The van der Waals surface area contributed by atoms with Crippen LogP contribution in [0.25, 0.3) is 6.08 Å². The van der Waals surface area contributed by atoms with Gasteiger partial charge in [-0.05, 0) is 73.0 Å². The lowest BCUT2D eigenvalue weighted by Gasteiger charge is -2.17. The molecule has 0 aromatic heterocycles. The van der Waals surface area contributed by atoms with E-state index >= 15 is 0 Å². The van der Waals surface area contributed by atoms with Crippen molar-refractivity contribution in [2.45, 2.75) is 39.7 Å². The maximum absolute atomic E-state index is 12.4. The molecule has 0 saturated carbocycles. The molecule has 158 valence electrons. The number of hydrogen-bond donors (Lipinski definition) is 1. The Hall–Kier alpha value is -2.44. The lowest BCUT2D eigenvalue weighted by Crippen LogP contribution is -2.19. The van der Waals surface area contributed by atoms with Gasteiger partial charge in [0.1, 0.15) is 0 Å². The average Bonchev–Trinajstić information content (AvgIpc) is 3.08.